The van der Waals surface area contributed by atoms with Gasteiger partial charge in [-0.25, -0.2) is 9.78 Å². The van der Waals surface area contributed by atoms with Crippen LogP contribution in [-0.4, -0.2) is 23.2 Å². The van der Waals surface area contributed by atoms with Crippen molar-refractivity contribution in [2.24, 2.45) is 0 Å². The first-order chi connectivity index (χ1) is 9.11. The number of carboxylic acids is 1. The van der Waals surface area contributed by atoms with Crippen molar-refractivity contribution >= 4 is 5.97 Å². The van der Waals surface area contributed by atoms with Gasteiger partial charge in [-0.05, 0) is 30.7 Å². The molecule has 1 aromatic heterocycles. The topological polar surface area (TPSA) is 68.7 Å². The Morgan fingerprint density at radius 3 is 2.74 bits per heavy atom. The van der Waals surface area contributed by atoms with E-state index in [1.54, 1.807) is 24.4 Å². The lowest BCUT2D eigenvalue weighted by atomic mass is 10.2. The summed E-state index contributed by atoms with van der Waals surface area (Å²) in [7, 11) is 1.46. The second-order valence-corrected chi connectivity index (χ2v) is 3.92. The number of aromatic carboxylic acids is 1. The number of nitrogens with zero attached hydrogens (tertiary/aromatic N) is 1. The van der Waals surface area contributed by atoms with Crippen LogP contribution in [0.2, 0.25) is 0 Å². The van der Waals surface area contributed by atoms with Crippen LogP contribution >= 0.6 is 0 Å². The molecule has 19 heavy (non-hydrogen) atoms. The first-order valence-corrected chi connectivity index (χ1v) is 5.62. The van der Waals surface area contributed by atoms with Crippen LogP contribution in [0.3, 0.4) is 0 Å². The van der Waals surface area contributed by atoms with Gasteiger partial charge in [-0.3, -0.25) is 0 Å². The maximum atomic E-state index is 11.2. The molecule has 0 saturated heterocycles. The summed E-state index contributed by atoms with van der Waals surface area (Å²) in [4.78, 5) is 15.2. The third-order valence-electron chi connectivity index (χ3n) is 2.53. The minimum absolute atomic E-state index is 0.0302. The van der Waals surface area contributed by atoms with E-state index >= 15 is 0 Å². The van der Waals surface area contributed by atoms with E-state index in [2.05, 4.69) is 4.98 Å². The van der Waals surface area contributed by atoms with Crippen molar-refractivity contribution in [1.82, 2.24) is 4.98 Å². The SMILES string of the molecule is COc1cccc(C(=O)O)c1Oc1cc(C)ccn1. The van der Waals surface area contributed by atoms with Gasteiger partial charge in [0.25, 0.3) is 0 Å². The van der Waals surface area contributed by atoms with Gasteiger partial charge < -0.3 is 14.6 Å². The zero-order valence-corrected chi connectivity index (χ0v) is 10.6. The van der Waals surface area contributed by atoms with Crippen LogP contribution in [0.4, 0.5) is 0 Å². The first kappa shape index (κ1) is 12.9. The third kappa shape index (κ3) is 2.82. The summed E-state index contributed by atoms with van der Waals surface area (Å²) in [5.41, 5.74) is 0.999. The number of hydrogen-bond donors (Lipinski definition) is 1. The van der Waals surface area contributed by atoms with E-state index in [4.69, 9.17) is 14.6 Å². The summed E-state index contributed by atoms with van der Waals surface area (Å²) >= 11 is 0. The fourth-order valence-corrected chi connectivity index (χ4v) is 1.62. The Balaban J connectivity index is 2.46. The lowest BCUT2D eigenvalue weighted by Gasteiger charge is -2.12. The maximum absolute atomic E-state index is 11.2. The highest BCUT2D eigenvalue weighted by atomic mass is 16.5. The van der Waals surface area contributed by atoms with Crippen molar-refractivity contribution < 1.29 is 19.4 Å². The van der Waals surface area contributed by atoms with Gasteiger partial charge in [0.15, 0.2) is 11.5 Å². The number of aromatic nitrogens is 1. The van der Waals surface area contributed by atoms with Crippen LogP contribution in [0, 0.1) is 6.92 Å². The molecule has 0 spiro atoms. The fourth-order valence-electron chi connectivity index (χ4n) is 1.62. The first-order valence-electron chi connectivity index (χ1n) is 5.62. The quantitative estimate of drug-likeness (QED) is 0.914. The highest BCUT2D eigenvalue weighted by Crippen LogP contribution is 2.34. The smallest absolute Gasteiger partial charge is 0.339 e. The Bertz CT molecular complexity index is 610. The second kappa shape index (κ2) is 5.39. The number of carboxylic acid groups (broad SMARTS) is 1. The summed E-state index contributed by atoms with van der Waals surface area (Å²) in [6.45, 7) is 1.90. The molecule has 0 fully saturated rings. The molecule has 0 bridgehead atoms. The fraction of sp³-hybridized carbons (Fsp3) is 0.143. The number of carbonyl (C=O) groups is 1. The number of para-hydroxylation sites is 1. The number of aryl methyl sites for hydroxylation is 1. The predicted molar refractivity (Wildman–Crippen MR) is 69.0 cm³/mol. The number of methoxy groups -OCH3 is 1. The van der Waals surface area contributed by atoms with Gasteiger partial charge in [0.1, 0.15) is 5.56 Å². The molecule has 1 N–H and O–H groups in total. The molecule has 1 heterocycles. The molecule has 0 amide bonds. The van der Waals surface area contributed by atoms with Crippen LogP contribution in [0.1, 0.15) is 15.9 Å². The zero-order chi connectivity index (χ0) is 13.8. The Morgan fingerprint density at radius 1 is 1.32 bits per heavy atom. The lowest BCUT2D eigenvalue weighted by Crippen LogP contribution is -2.02. The van der Waals surface area contributed by atoms with E-state index in [-0.39, 0.29) is 11.3 Å². The van der Waals surface area contributed by atoms with Crippen molar-refractivity contribution in [3.63, 3.8) is 0 Å². The maximum Gasteiger partial charge on any atom is 0.339 e. The van der Waals surface area contributed by atoms with Gasteiger partial charge in [-0.1, -0.05) is 6.07 Å². The molecule has 0 radical (unpaired) electrons. The standard InChI is InChI=1S/C14H13NO4/c1-9-6-7-15-12(8-9)19-13-10(14(16)17)4-3-5-11(13)18-2/h3-8H,1-2H3,(H,16,17). The van der Waals surface area contributed by atoms with Crippen LogP contribution < -0.4 is 9.47 Å². The molecule has 2 rings (SSSR count). The summed E-state index contributed by atoms with van der Waals surface area (Å²) in [5, 5.41) is 9.16. The van der Waals surface area contributed by atoms with Crippen molar-refractivity contribution in [2.75, 3.05) is 7.11 Å². The predicted octanol–water partition coefficient (Wildman–Crippen LogP) is 2.89. The highest BCUT2D eigenvalue weighted by molar-refractivity contribution is 5.92. The minimum atomic E-state index is -1.08. The van der Waals surface area contributed by atoms with E-state index in [9.17, 15) is 4.79 Å². The minimum Gasteiger partial charge on any atom is -0.493 e. The highest BCUT2D eigenvalue weighted by Gasteiger charge is 2.17. The summed E-state index contributed by atoms with van der Waals surface area (Å²) in [5.74, 6) is -0.257. The Kier molecular flexibility index (Phi) is 3.66. The Labute approximate surface area is 110 Å². The van der Waals surface area contributed by atoms with E-state index in [1.807, 2.05) is 13.0 Å². The number of hydrogen-bond acceptors (Lipinski definition) is 4. The molecule has 0 atom stereocenters. The lowest BCUT2D eigenvalue weighted by molar-refractivity contribution is 0.0693. The van der Waals surface area contributed by atoms with Crippen LogP contribution in [0.25, 0.3) is 0 Å². The van der Waals surface area contributed by atoms with E-state index in [1.165, 1.54) is 13.2 Å². The average molecular weight is 259 g/mol. The molecule has 1 aromatic carbocycles. The molecular weight excluding hydrogens is 246 g/mol. The normalized spacial score (nSPS) is 10.0. The summed E-state index contributed by atoms with van der Waals surface area (Å²) in [6.07, 6.45) is 1.60. The van der Waals surface area contributed by atoms with Crippen molar-refractivity contribution in [2.45, 2.75) is 6.92 Å². The monoisotopic (exact) mass is 259 g/mol. The van der Waals surface area contributed by atoms with Gasteiger partial charge in [-0.2, -0.15) is 0 Å². The third-order valence-corrected chi connectivity index (χ3v) is 2.53. The molecule has 5 nitrogen and oxygen atoms in total. The molecular formula is C14H13NO4. The number of benzene rings is 1. The van der Waals surface area contributed by atoms with Crippen LogP contribution in [-0.2, 0) is 0 Å². The van der Waals surface area contributed by atoms with Crippen molar-refractivity contribution in [3.05, 3.63) is 47.7 Å². The zero-order valence-electron chi connectivity index (χ0n) is 10.6. The number of pyridine rings is 1. The van der Waals surface area contributed by atoms with Crippen LogP contribution in [0.5, 0.6) is 17.4 Å². The number of ether oxygens (including phenoxy) is 2. The number of rotatable bonds is 4. The van der Waals surface area contributed by atoms with Crippen molar-refractivity contribution in [1.29, 1.82) is 0 Å². The molecule has 98 valence electrons. The van der Waals surface area contributed by atoms with Gasteiger partial charge in [-0.15, -0.1) is 0 Å². The Morgan fingerprint density at radius 2 is 2.11 bits per heavy atom. The largest absolute Gasteiger partial charge is 0.493 e. The van der Waals surface area contributed by atoms with Gasteiger partial charge in [0.05, 0.1) is 7.11 Å². The second-order valence-electron chi connectivity index (χ2n) is 3.92. The molecule has 0 unspecified atom stereocenters. The molecule has 0 saturated carbocycles. The van der Waals surface area contributed by atoms with Crippen LogP contribution in [0.15, 0.2) is 36.5 Å². The Hall–Kier alpha value is -2.56. The van der Waals surface area contributed by atoms with E-state index in [0.29, 0.717) is 11.6 Å². The average Bonchev–Trinajstić information content (AvgIpc) is 2.38. The molecule has 0 aliphatic rings. The van der Waals surface area contributed by atoms with Crippen molar-refractivity contribution in [3.8, 4) is 17.4 Å². The van der Waals surface area contributed by atoms with Gasteiger partial charge >= 0.3 is 5.97 Å². The molecule has 0 aliphatic carbocycles. The van der Waals surface area contributed by atoms with Gasteiger partial charge in [0.2, 0.25) is 5.88 Å². The summed E-state index contributed by atoms with van der Waals surface area (Å²) < 4.78 is 10.7. The molecule has 5 heteroatoms. The molecule has 0 aliphatic heterocycles. The summed E-state index contributed by atoms with van der Waals surface area (Å²) in [6, 6.07) is 8.23. The van der Waals surface area contributed by atoms with E-state index in [0.717, 1.165) is 5.56 Å². The van der Waals surface area contributed by atoms with E-state index < -0.39 is 5.97 Å². The van der Waals surface area contributed by atoms with Gasteiger partial charge in [0, 0.05) is 12.3 Å². The molecule has 2 aromatic rings.